The van der Waals surface area contributed by atoms with Gasteiger partial charge < -0.3 is 9.64 Å². The van der Waals surface area contributed by atoms with Crippen LogP contribution in [0.3, 0.4) is 0 Å². The maximum Gasteiger partial charge on any atom is 0.254 e. The molecule has 5 rings (SSSR count). The summed E-state index contributed by atoms with van der Waals surface area (Å²) in [4.78, 5) is 11.2. The van der Waals surface area contributed by atoms with Crippen LogP contribution in [0.25, 0.3) is 5.78 Å². The van der Waals surface area contributed by atoms with E-state index in [-0.39, 0.29) is 5.60 Å². The Morgan fingerprint density at radius 3 is 3.00 bits per heavy atom. The van der Waals surface area contributed by atoms with Crippen molar-refractivity contribution in [1.29, 1.82) is 0 Å². The van der Waals surface area contributed by atoms with Crippen LogP contribution in [0.2, 0.25) is 0 Å². The van der Waals surface area contributed by atoms with Gasteiger partial charge >= 0.3 is 0 Å². The van der Waals surface area contributed by atoms with Gasteiger partial charge in [0, 0.05) is 17.8 Å². The number of hydrogen-bond acceptors (Lipinski definition) is 5. The minimum atomic E-state index is -0.217. The highest BCUT2D eigenvalue weighted by molar-refractivity contribution is 5.55. The van der Waals surface area contributed by atoms with Gasteiger partial charge in [-0.3, -0.25) is 0 Å². The highest BCUT2D eigenvalue weighted by atomic mass is 16.5. The highest BCUT2D eigenvalue weighted by Crippen LogP contribution is 2.43. The van der Waals surface area contributed by atoms with E-state index in [2.05, 4.69) is 51.2 Å². The van der Waals surface area contributed by atoms with E-state index in [4.69, 9.17) is 4.74 Å². The van der Waals surface area contributed by atoms with Crippen LogP contribution < -0.4 is 4.90 Å². The summed E-state index contributed by atoms with van der Waals surface area (Å²) in [7, 11) is 0. The van der Waals surface area contributed by atoms with Gasteiger partial charge in [0.2, 0.25) is 0 Å². The van der Waals surface area contributed by atoms with Gasteiger partial charge in [-0.15, -0.1) is 0 Å². The molecule has 6 heteroatoms. The summed E-state index contributed by atoms with van der Waals surface area (Å²) < 4.78 is 8.23. The summed E-state index contributed by atoms with van der Waals surface area (Å²) in [5.74, 6) is 1.75. The zero-order valence-electron chi connectivity index (χ0n) is 14.6. The molecule has 1 aliphatic heterocycles. The van der Waals surface area contributed by atoms with Crippen molar-refractivity contribution in [2.75, 3.05) is 24.6 Å². The first-order valence-electron chi connectivity index (χ1n) is 8.82. The smallest absolute Gasteiger partial charge is 0.254 e. The topological polar surface area (TPSA) is 55.5 Å². The van der Waals surface area contributed by atoms with Crippen molar-refractivity contribution in [3.8, 4) is 0 Å². The lowest BCUT2D eigenvalue weighted by molar-refractivity contribution is -0.0595. The Morgan fingerprint density at radius 2 is 2.08 bits per heavy atom. The van der Waals surface area contributed by atoms with Crippen molar-refractivity contribution in [2.24, 2.45) is 0 Å². The first-order valence-corrected chi connectivity index (χ1v) is 8.82. The van der Waals surface area contributed by atoms with Crippen LogP contribution in [-0.2, 0) is 16.8 Å². The molecular formula is C19H21N5O. The molecule has 3 heterocycles. The van der Waals surface area contributed by atoms with Crippen molar-refractivity contribution in [2.45, 2.75) is 32.3 Å². The number of anilines is 1. The summed E-state index contributed by atoms with van der Waals surface area (Å²) in [6.07, 6.45) is 3.69. The maximum atomic E-state index is 6.37. The fraction of sp³-hybridized carbons (Fsp3) is 0.421. The van der Waals surface area contributed by atoms with E-state index in [9.17, 15) is 0 Å². The van der Waals surface area contributed by atoms with E-state index < -0.39 is 0 Å². The second-order valence-electron chi connectivity index (χ2n) is 7.04. The predicted octanol–water partition coefficient (Wildman–Crippen LogP) is 2.42. The Labute approximate surface area is 146 Å². The molecule has 0 radical (unpaired) electrons. The van der Waals surface area contributed by atoms with E-state index in [1.54, 1.807) is 6.33 Å². The summed E-state index contributed by atoms with van der Waals surface area (Å²) >= 11 is 0. The number of rotatable bonds is 1. The van der Waals surface area contributed by atoms with Gasteiger partial charge in [0.1, 0.15) is 17.7 Å². The number of nitrogens with zero attached hydrogens (tertiary/aromatic N) is 5. The molecule has 1 unspecified atom stereocenters. The average molecular weight is 335 g/mol. The number of fused-ring (bicyclic) bond motifs is 3. The zero-order valence-corrected chi connectivity index (χ0v) is 14.6. The van der Waals surface area contributed by atoms with Crippen molar-refractivity contribution in [3.63, 3.8) is 0 Å². The standard InChI is InChI=1S/C19H21N5O/c1-13-14(2)22-18-20-12-21-24(18)17(13)23-9-10-25-19(11-23)8-7-15-5-3-4-6-16(15)19/h3-6,12H,7-11H2,1-2H3. The van der Waals surface area contributed by atoms with Gasteiger partial charge in [0.15, 0.2) is 0 Å². The van der Waals surface area contributed by atoms with Crippen molar-refractivity contribution in [3.05, 3.63) is 53.0 Å². The molecule has 2 aromatic heterocycles. The van der Waals surface area contributed by atoms with Crippen molar-refractivity contribution in [1.82, 2.24) is 19.6 Å². The third-order valence-corrected chi connectivity index (χ3v) is 5.67. The van der Waals surface area contributed by atoms with E-state index in [0.717, 1.165) is 43.0 Å². The molecule has 1 aliphatic carbocycles. The first kappa shape index (κ1) is 14.8. The van der Waals surface area contributed by atoms with Gasteiger partial charge in [0.05, 0.1) is 13.2 Å². The molecule has 1 atom stereocenters. The summed E-state index contributed by atoms with van der Waals surface area (Å²) in [6, 6.07) is 8.69. The number of aryl methyl sites for hydroxylation is 2. The number of ether oxygens (including phenoxy) is 1. The number of aromatic nitrogens is 4. The number of benzene rings is 1. The van der Waals surface area contributed by atoms with Crippen molar-refractivity contribution >= 4 is 11.6 Å². The Hall–Kier alpha value is -2.47. The van der Waals surface area contributed by atoms with Crippen LogP contribution in [0.1, 0.15) is 28.8 Å². The Morgan fingerprint density at radius 1 is 1.20 bits per heavy atom. The summed E-state index contributed by atoms with van der Waals surface area (Å²) in [6.45, 7) is 6.55. The summed E-state index contributed by atoms with van der Waals surface area (Å²) in [5.41, 5.74) is 4.70. The molecule has 1 saturated heterocycles. The second-order valence-corrected chi connectivity index (χ2v) is 7.04. The Bertz CT molecular complexity index is 962. The molecule has 0 saturated carbocycles. The lowest BCUT2D eigenvalue weighted by Crippen LogP contribution is -2.49. The molecule has 0 bridgehead atoms. The molecule has 25 heavy (non-hydrogen) atoms. The second kappa shape index (κ2) is 5.26. The molecule has 3 aromatic rings. The minimum Gasteiger partial charge on any atom is -0.367 e. The van der Waals surface area contributed by atoms with Crippen LogP contribution in [0, 0.1) is 13.8 Å². The molecule has 1 fully saturated rings. The third-order valence-electron chi connectivity index (χ3n) is 5.67. The highest BCUT2D eigenvalue weighted by Gasteiger charge is 2.44. The summed E-state index contributed by atoms with van der Waals surface area (Å²) in [5, 5.41) is 4.42. The quantitative estimate of drug-likeness (QED) is 0.684. The fourth-order valence-electron chi connectivity index (χ4n) is 4.32. The van der Waals surface area contributed by atoms with E-state index in [0.29, 0.717) is 12.4 Å². The molecule has 1 spiro atoms. The normalized spacial score (nSPS) is 22.7. The number of hydrogen-bond donors (Lipinski definition) is 0. The monoisotopic (exact) mass is 335 g/mol. The van der Waals surface area contributed by atoms with Gasteiger partial charge in [-0.05, 0) is 37.8 Å². The largest absolute Gasteiger partial charge is 0.367 e. The van der Waals surface area contributed by atoms with Crippen LogP contribution in [0.5, 0.6) is 0 Å². The van der Waals surface area contributed by atoms with E-state index >= 15 is 0 Å². The van der Waals surface area contributed by atoms with Crippen molar-refractivity contribution < 1.29 is 4.74 Å². The van der Waals surface area contributed by atoms with Crippen LogP contribution in [0.15, 0.2) is 30.6 Å². The average Bonchev–Trinajstić information content (AvgIpc) is 3.22. The van der Waals surface area contributed by atoms with Gasteiger partial charge in [-0.2, -0.15) is 14.6 Å². The molecule has 128 valence electrons. The Balaban J connectivity index is 1.61. The molecule has 0 amide bonds. The predicted molar refractivity (Wildman–Crippen MR) is 94.9 cm³/mol. The molecule has 1 aromatic carbocycles. The third kappa shape index (κ3) is 2.10. The number of morpholine rings is 1. The van der Waals surface area contributed by atoms with Gasteiger partial charge in [-0.1, -0.05) is 24.3 Å². The molecular weight excluding hydrogens is 314 g/mol. The SMILES string of the molecule is Cc1nc2ncnn2c(N2CCOC3(CCc4ccccc43)C2)c1C. The van der Waals surface area contributed by atoms with Crippen LogP contribution in [-0.4, -0.2) is 39.3 Å². The van der Waals surface area contributed by atoms with Crippen LogP contribution in [0.4, 0.5) is 5.82 Å². The molecule has 2 aliphatic rings. The zero-order chi connectivity index (χ0) is 17.0. The van der Waals surface area contributed by atoms with Gasteiger partial charge in [0.25, 0.3) is 5.78 Å². The molecule has 6 nitrogen and oxygen atoms in total. The van der Waals surface area contributed by atoms with Gasteiger partial charge in [-0.25, -0.2) is 4.98 Å². The Kier molecular flexibility index (Phi) is 3.12. The van der Waals surface area contributed by atoms with E-state index in [1.807, 2.05) is 11.4 Å². The van der Waals surface area contributed by atoms with E-state index in [1.165, 1.54) is 11.1 Å². The maximum absolute atomic E-state index is 6.37. The lowest BCUT2D eigenvalue weighted by atomic mass is 9.93. The lowest BCUT2D eigenvalue weighted by Gasteiger charge is -2.42. The first-order chi connectivity index (χ1) is 12.2. The fourth-order valence-corrected chi connectivity index (χ4v) is 4.32. The molecule has 0 N–H and O–H groups in total. The minimum absolute atomic E-state index is 0.217. The van der Waals surface area contributed by atoms with Crippen LogP contribution >= 0.6 is 0 Å².